The number of carbonyl (C=O) groups excluding carboxylic acids is 4. The van der Waals surface area contributed by atoms with Crippen LogP contribution in [0.15, 0.2) is 15.3 Å². The highest BCUT2D eigenvalue weighted by atomic mass is 16.7. The number of azide groups is 3. The van der Waals surface area contributed by atoms with E-state index < -0.39 is 91.0 Å². The molecule has 0 bridgehead atoms. The molecule has 1 saturated heterocycles. The molecule has 1 N–H and O–H groups in total. The molecule has 1 heterocycles. The highest BCUT2D eigenvalue weighted by Gasteiger charge is 2.55. The van der Waals surface area contributed by atoms with Crippen molar-refractivity contribution in [2.75, 3.05) is 0 Å². The first-order valence-electron chi connectivity index (χ1n) is 12.1. The van der Waals surface area contributed by atoms with Gasteiger partial charge in [0.2, 0.25) is 0 Å². The van der Waals surface area contributed by atoms with Gasteiger partial charge in [0.25, 0.3) is 0 Å². The molecular weight excluding hydrogens is 554 g/mol. The second kappa shape index (κ2) is 14.9. The van der Waals surface area contributed by atoms with E-state index >= 15 is 0 Å². The first kappa shape index (κ1) is 32.9. The van der Waals surface area contributed by atoms with Crippen LogP contribution in [-0.2, 0) is 47.6 Å². The molecule has 2 rings (SSSR count). The molecule has 11 atom stereocenters. The third kappa shape index (κ3) is 8.59. The van der Waals surface area contributed by atoms with Gasteiger partial charge in [0, 0.05) is 42.4 Å². The van der Waals surface area contributed by atoms with Crippen molar-refractivity contribution >= 4 is 23.9 Å². The molecule has 20 heteroatoms. The standard InChI is InChI=1S/C21H29N9O11/c1-7(36-8(2)31)16-20(39-11(5)34)19(38-10(4)33)14(27-30-24)21(40-16)41-18-13(26-29-23)6-12(25-28-22)17(15(18)35)37-9(3)32/h7,12-21,35H,6H2,1-5H3/t7-,12-,13?,14?,15?,16?,17-,18-,19-,20-,21-/m1/s1. The molecule has 0 aromatic heterocycles. The van der Waals surface area contributed by atoms with E-state index in [2.05, 4.69) is 30.1 Å². The molecule has 1 saturated carbocycles. The van der Waals surface area contributed by atoms with Crippen molar-refractivity contribution in [2.45, 2.75) is 108 Å². The van der Waals surface area contributed by atoms with Crippen molar-refractivity contribution in [3.05, 3.63) is 31.3 Å². The quantitative estimate of drug-likeness (QED) is 0.127. The van der Waals surface area contributed by atoms with Gasteiger partial charge in [-0.3, -0.25) is 19.2 Å². The van der Waals surface area contributed by atoms with Crippen LogP contribution in [0.5, 0.6) is 0 Å². The van der Waals surface area contributed by atoms with Crippen LogP contribution in [0.25, 0.3) is 31.3 Å². The summed E-state index contributed by atoms with van der Waals surface area (Å²) < 4.78 is 32.9. The fourth-order valence-corrected chi connectivity index (χ4v) is 4.68. The molecular formula is C21H29N9O11. The van der Waals surface area contributed by atoms with Crippen LogP contribution in [0, 0.1) is 0 Å². The fourth-order valence-electron chi connectivity index (χ4n) is 4.68. The zero-order chi connectivity index (χ0) is 30.9. The number of hydrogen-bond acceptors (Lipinski definition) is 14. The van der Waals surface area contributed by atoms with Gasteiger partial charge in [0.05, 0.1) is 18.2 Å². The van der Waals surface area contributed by atoms with Crippen LogP contribution in [0.3, 0.4) is 0 Å². The normalized spacial score (nSPS) is 33.3. The second-order valence-electron chi connectivity index (χ2n) is 9.07. The lowest BCUT2D eigenvalue weighted by atomic mass is 9.84. The summed E-state index contributed by atoms with van der Waals surface area (Å²) in [4.78, 5) is 55.5. The Kier molecular flexibility index (Phi) is 12.0. The summed E-state index contributed by atoms with van der Waals surface area (Å²) in [6.07, 6.45) is -12.3. The Hall–Kier alpha value is -4.31. The van der Waals surface area contributed by atoms with Crippen molar-refractivity contribution in [1.82, 2.24) is 0 Å². The molecule has 1 aliphatic carbocycles. The Morgan fingerprint density at radius 2 is 1.27 bits per heavy atom. The van der Waals surface area contributed by atoms with E-state index in [-0.39, 0.29) is 6.42 Å². The van der Waals surface area contributed by atoms with Crippen molar-refractivity contribution in [3.8, 4) is 0 Å². The smallest absolute Gasteiger partial charge is 0.303 e. The van der Waals surface area contributed by atoms with Gasteiger partial charge in [-0.2, -0.15) is 0 Å². The summed E-state index contributed by atoms with van der Waals surface area (Å²) in [5, 5.41) is 21.9. The molecule has 0 spiro atoms. The number of nitrogens with zero attached hydrogens (tertiary/aromatic N) is 9. The molecule has 0 aromatic carbocycles. The summed E-state index contributed by atoms with van der Waals surface area (Å²) in [6.45, 7) is 5.64. The maximum atomic E-state index is 12.0. The monoisotopic (exact) mass is 583 g/mol. The van der Waals surface area contributed by atoms with Gasteiger partial charge >= 0.3 is 23.9 Å². The Bertz CT molecular complexity index is 1150. The number of carbonyl (C=O) groups is 4. The van der Waals surface area contributed by atoms with Crippen LogP contribution < -0.4 is 0 Å². The number of hydrogen-bond donors (Lipinski definition) is 1. The summed E-state index contributed by atoms with van der Waals surface area (Å²) in [5.41, 5.74) is 27.4. The Morgan fingerprint density at radius 3 is 1.76 bits per heavy atom. The minimum absolute atomic E-state index is 0.247. The van der Waals surface area contributed by atoms with E-state index in [1.165, 1.54) is 6.92 Å². The van der Waals surface area contributed by atoms with Gasteiger partial charge in [-0.25, -0.2) is 0 Å². The minimum atomic E-state index is -1.78. The molecule has 4 unspecified atom stereocenters. The van der Waals surface area contributed by atoms with Gasteiger partial charge in [0.1, 0.15) is 30.5 Å². The first-order chi connectivity index (χ1) is 19.3. The average molecular weight is 584 g/mol. The zero-order valence-electron chi connectivity index (χ0n) is 22.6. The highest BCUT2D eigenvalue weighted by molar-refractivity contribution is 5.68. The summed E-state index contributed by atoms with van der Waals surface area (Å²) >= 11 is 0. The van der Waals surface area contributed by atoms with E-state index in [0.29, 0.717) is 0 Å². The molecule has 0 radical (unpaired) electrons. The molecule has 0 aromatic rings. The number of aliphatic hydroxyl groups excluding tert-OH is 1. The fraction of sp³-hybridized carbons (Fsp3) is 0.810. The molecule has 224 valence electrons. The topological polar surface area (TPSA) is 290 Å². The lowest BCUT2D eigenvalue weighted by Gasteiger charge is -2.48. The molecule has 2 aliphatic rings. The first-order valence-corrected chi connectivity index (χ1v) is 12.1. The molecule has 20 nitrogen and oxygen atoms in total. The van der Waals surface area contributed by atoms with Gasteiger partial charge in [-0.05, 0) is 29.9 Å². The van der Waals surface area contributed by atoms with E-state index in [1.54, 1.807) is 0 Å². The van der Waals surface area contributed by atoms with Crippen molar-refractivity contribution < 1.29 is 52.7 Å². The SMILES string of the molecule is CC(=O)O[C@@H]1C(N=[N+]=[N-])[C@@H](O[C@@H]2C(N=[N+]=[N-])C[C@@H](N=[N+]=[N-])[C@@H](OC(C)=O)C2O)OC([C@@H](C)OC(C)=O)[C@H]1OC(C)=O. The maximum absolute atomic E-state index is 12.0. The van der Waals surface area contributed by atoms with Crippen LogP contribution in [-0.4, -0.2) is 96.1 Å². The van der Waals surface area contributed by atoms with Gasteiger partial charge in [0.15, 0.2) is 18.5 Å². The summed E-state index contributed by atoms with van der Waals surface area (Å²) in [5.74, 6) is -3.28. The van der Waals surface area contributed by atoms with E-state index in [1.807, 2.05) is 0 Å². The lowest BCUT2D eigenvalue weighted by Crippen LogP contribution is -2.65. The highest BCUT2D eigenvalue weighted by Crippen LogP contribution is 2.36. The second-order valence-corrected chi connectivity index (χ2v) is 9.07. The third-order valence-electron chi connectivity index (χ3n) is 6.07. The predicted octanol–water partition coefficient (Wildman–Crippen LogP) is 1.64. The van der Waals surface area contributed by atoms with Crippen molar-refractivity contribution in [2.24, 2.45) is 15.3 Å². The Morgan fingerprint density at radius 1 is 0.780 bits per heavy atom. The van der Waals surface area contributed by atoms with E-state index in [9.17, 15) is 29.8 Å². The number of aliphatic hydroxyl groups is 1. The zero-order valence-corrected chi connectivity index (χ0v) is 22.6. The number of ether oxygens (including phenoxy) is 6. The summed E-state index contributed by atoms with van der Waals surface area (Å²) in [7, 11) is 0. The van der Waals surface area contributed by atoms with Crippen LogP contribution in [0.1, 0.15) is 41.0 Å². The van der Waals surface area contributed by atoms with Crippen LogP contribution in [0.4, 0.5) is 0 Å². The van der Waals surface area contributed by atoms with E-state index in [0.717, 1.165) is 27.7 Å². The van der Waals surface area contributed by atoms with Gasteiger partial charge in [-0.1, -0.05) is 15.3 Å². The van der Waals surface area contributed by atoms with Crippen molar-refractivity contribution in [1.29, 1.82) is 0 Å². The van der Waals surface area contributed by atoms with Gasteiger partial charge in [-0.15, -0.1) is 0 Å². The maximum Gasteiger partial charge on any atom is 0.303 e. The van der Waals surface area contributed by atoms with E-state index in [4.69, 9.17) is 39.5 Å². The van der Waals surface area contributed by atoms with Crippen molar-refractivity contribution in [3.63, 3.8) is 0 Å². The number of rotatable bonds is 10. The molecule has 0 amide bonds. The molecule has 1 aliphatic heterocycles. The number of esters is 4. The lowest BCUT2D eigenvalue weighted by molar-refractivity contribution is -0.305. The third-order valence-corrected chi connectivity index (χ3v) is 6.07. The minimum Gasteiger partial charge on any atom is -0.460 e. The Balaban J connectivity index is 2.62. The predicted molar refractivity (Wildman–Crippen MR) is 131 cm³/mol. The molecule has 41 heavy (non-hydrogen) atoms. The Labute approximate surface area is 232 Å². The largest absolute Gasteiger partial charge is 0.460 e. The van der Waals surface area contributed by atoms with Crippen LogP contribution in [0.2, 0.25) is 0 Å². The molecule has 2 fully saturated rings. The summed E-state index contributed by atoms with van der Waals surface area (Å²) in [6, 6.07) is -3.97. The van der Waals surface area contributed by atoms with Crippen LogP contribution >= 0.6 is 0 Å². The average Bonchev–Trinajstić information content (AvgIpc) is 2.86. The van der Waals surface area contributed by atoms with Gasteiger partial charge < -0.3 is 33.5 Å².